The molecule has 0 bridgehead atoms. The van der Waals surface area contributed by atoms with E-state index in [2.05, 4.69) is 5.32 Å². The van der Waals surface area contributed by atoms with Gasteiger partial charge in [-0.2, -0.15) is 0 Å². The molecule has 1 atom stereocenters. The number of para-hydroxylation sites is 1. The van der Waals surface area contributed by atoms with Crippen molar-refractivity contribution in [2.75, 3.05) is 24.5 Å². The predicted octanol–water partition coefficient (Wildman–Crippen LogP) is 5.32. The molecule has 1 N–H and O–H groups in total. The third-order valence-electron chi connectivity index (χ3n) is 6.86. The molecule has 0 saturated heterocycles. The number of carbonyl (C=O) groups is 2. The van der Waals surface area contributed by atoms with Crippen LogP contribution in [0.2, 0.25) is 5.02 Å². The first kappa shape index (κ1) is 31.6. The minimum absolute atomic E-state index is 0.00114. The van der Waals surface area contributed by atoms with Crippen LogP contribution in [0.4, 0.5) is 5.69 Å². The fourth-order valence-corrected chi connectivity index (χ4v) is 6.17. The van der Waals surface area contributed by atoms with Crippen molar-refractivity contribution in [2.45, 2.75) is 30.8 Å². The zero-order valence-corrected chi connectivity index (χ0v) is 25.6. The van der Waals surface area contributed by atoms with Gasteiger partial charge in [0.15, 0.2) is 0 Å². The molecule has 0 aliphatic carbocycles. The number of hydrogen-bond donors (Lipinski definition) is 1. The fourth-order valence-electron chi connectivity index (χ4n) is 4.63. The molecule has 0 saturated carbocycles. The van der Waals surface area contributed by atoms with Gasteiger partial charge in [0.2, 0.25) is 11.8 Å². The molecule has 8 nitrogen and oxygen atoms in total. The fraction of sp³-hybridized carbons (Fsp3) is 0.212. The van der Waals surface area contributed by atoms with Crippen LogP contribution in [-0.4, -0.2) is 51.4 Å². The summed E-state index contributed by atoms with van der Waals surface area (Å²) in [6.45, 7) is 1.71. The van der Waals surface area contributed by atoms with Crippen LogP contribution < -0.4 is 14.4 Å². The van der Waals surface area contributed by atoms with E-state index in [0.29, 0.717) is 23.0 Å². The summed E-state index contributed by atoms with van der Waals surface area (Å²) >= 11 is 6.11. The highest BCUT2D eigenvalue weighted by atomic mass is 35.5. The maximum absolute atomic E-state index is 14.3. The first-order chi connectivity index (χ1) is 20.7. The summed E-state index contributed by atoms with van der Waals surface area (Å²) in [6, 6.07) is 29.9. The van der Waals surface area contributed by atoms with Crippen LogP contribution in [0, 0.1) is 0 Å². The maximum Gasteiger partial charge on any atom is 0.264 e. The molecule has 0 spiro atoms. The van der Waals surface area contributed by atoms with Crippen LogP contribution in [0.15, 0.2) is 114 Å². The number of sulfonamides is 1. The minimum atomic E-state index is -4.19. The number of methoxy groups -OCH3 is 1. The Morgan fingerprint density at radius 2 is 1.44 bits per heavy atom. The summed E-state index contributed by atoms with van der Waals surface area (Å²) < 4.78 is 34.3. The highest BCUT2D eigenvalue weighted by molar-refractivity contribution is 7.92. The average molecular weight is 620 g/mol. The van der Waals surface area contributed by atoms with Gasteiger partial charge in [-0.25, -0.2) is 8.42 Å². The van der Waals surface area contributed by atoms with Crippen molar-refractivity contribution < 1.29 is 22.7 Å². The quantitative estimate of drug-likeness (QED) is 0.219. The molecule has 4 aromatic carbocycles. The Labute approximate surface area is 257 Å². The van der Waals surface area contributed by atoms with Crippen molar-refractivity contribution in [1.29, 1.82) is 0 Å². The van der Waals surface area contributed by atoms with Crippen molar-refractivity contribution in [3.05, 3.63) is 125 Å². The zero-order chi connectivity index (χ0) is 30.8. The van der Waals surface area contributed by atoms with E-state index in [1.165, 1.54) is 24.1 Å². The highest BCUT2D eigenvalue weighted by Gasteiger charge is 2.34. The van der Waals surface area contributed by atoms with Crippen molar-refractivity contribution in [1.82, 2.24) is 10.2 Å². The molecule has 0 aromatic heterocycles. The number of ether oxygens (including phenoxy) is 1. The number of rotatable bonds is 13. The second kappa shape index (κ2) is 14.7. The number of benzene rings is 4. The summed E-state index contributed by atoms with van der Waals surface area (Å²) in [4.78, 5) is 29.3. The molecular formula is C33H34ClN3O5S. The Morgan fingerprint density at radius 1 is 0.837 bits per heavy atom. The molecule has 0 radical (unpaired) electrons. The van der Waals surface area contributed by atoms with Crippen molar-refractivity contribution in [3.63, 3.8) is 0 Å². The Bertz CT molecular complexity index is 1600. The minimum Gasteiger partial charge on any atom is -0.497 e. The molecule has 2 amide bonds. The molecular weight excluding hydrogens is 586 g/mol. The van der Waals surface area contributed by atoms with Crippen LogP contribution in [0.3, 0.4) is 0 Å². The topological polar surface area (TPSA) is 96.0 Å². The third kappa shape index (κ3) is 8.15. The highest BCUT2D eigenvalue weighted by Crippen LogP contribution is 2.26. The average Bonchev–Trinajstić information content (AvgIpc) is 3.03. The molecule has 10 heteroatoms. The first-order valence-electron chi connectivity index (χ1n) is 13.8. The SMILES string of the molecule is CCNC(=O)[C@H](Cc1ccccc1)N(Cc1ccc(Cl)cc1)C(=O)CN(c1ccccc1)S(=O)(=O)c1ccc(OC)cc1. The van der Waals surface area contributed by atoms with E-state index in [0.717, 1.165) is 15.4 Å². The molecule has 0 unspecified atom stereocenters. The lowest BCUT2D eigenvalue weighted by atomic mass is 10.0. The molecule has 224 valence electrons. The van der Waals surface area contributed by atoms with Crippen molar-refractivity contribution in [2.24, 2.45) is 0 Å². The van der Waals surface area contributed by atoms with E-state index in [9.17, 15) is 18.0 Å². The van der Waals surface area contributed by atoms with Crippen LogP contribution in [0.5, 0.6) is 5.75 Å². The van der Waals surface area contributed by atoms with Crippen LogP contribution in [0.25, 0.3) is 0 Å². The summed E-state index contributed by atoms with van der Waals surface area (Å²) in [7, 11) is -2.69. The van der Waals surface area contributed by atoms with E-state index in [1.54, 1.807) is 73.7 Å². The summed E-state index contributed by atoms with van der Waals surface area (Å²) in [5.41, 5.74) is 1.92. The number of carbonyl (C=O) groups excluding carboxylic acids is 2. The van der Waals surface area contributed by atoms with Gasteiger partial charge in [0.05, 0.1) is 17.7 Å². The molecule has 0 fully saturated rings. The van der Waals surface area contributed by atoms with Gasteiger partial charge < -0.3 is 15.0 Å². The molecule has 43 heavy (non-hydrogen) atoms. The zero-order valence-electron chi connectivity index (χ0n) is 24.0. The molecule has 0 aliphatic rings. The van der Waals surface area contributed by atoms with Gasteiger partial charge >= 0.3 is 0 Å². The number of amides is 2. The monoisotopic (exact) mass is 619 g/mol. The lowest BCUT2D eigenvalue weighted by Gasteiger charge is -2.33. The number of halogens is 1. The van der Waals surface area contributed by atoms with E-state index < -0.39 is 28.5 Å². The van der Waals surface area contributed by atoms with Gasteiger partial charge in [0, 0.05) is 24.5 Å². The Kier molecular flexibility index (Phi) is 10.8. The second-order valence-corrected chi connectivity index (χ2v) is 12.1. The van der Waals surface area contributed by atoms with Crippen LogP contribution in [0.1, 0.15) is 18.1 Å². The smallest absolute Gasteiger partial charge is 0.264 e. The Morgan fingerprint density at radius 3 is 2.02 bits per heavy atom. The maximum atomic E-state index is 14.3. The van der Waals surface area contributed by atoms with E-state index in [1.807, 2.05) is 30.3 Å². The second-order valence-electron chi connectivity index (χ2n) is 9.77. The number of anilines is 1. The summed E-state index contributed by atoms with van der Waals surface area (Å²) in [5, 5.41) is 3.38. The lowest BCUT2D eigenvalue weighted by molar-refractivity contribution is -0.140. The van der Waals surface area contributed by atoms with E-state index >= 15 is 0 Å². The number of likely N-dealkylation sites (N-methyl/N-ethyl adjacent to an activating group) is 1. The van der Waals surface area contributed by atoms with Gasteiger partial charge in [-0.1, -0.05) is 72.3 Å². The summed E-state index contributed by atoms with van der Waals surface area (Å²) in [6.07, 6.45) is 0.239. The first-order valence-corrected chi connectivity index (χ1v) is 15.6. The van der Waals surface area contributed by atoms with Crippen molar-refractivity contribution in [3.8, 4) is 5.75 Å². The standard InChI is InChI=1S/C33H34ClN3O5S/c1-3-35-33(39)31(22-25-10-6-4-7-11-25)36(23-26-14-16-27(34)17-15-26)32(38)24-37(28-12-8-5-9-13-28)43(40,41)30-20-18-29(42-2)19-21-30/h4-21,31H,3,22-24H2,1-2H3,(H,35,39)/t31-/m0/s1. The molecule has 4 rings (SSSR count). The molecule has 0 aliphatic heterocycles. The van der Waals surface area contributed by atoms with Gasteiger partial charge in [-0.05, 0) is 66.6 Å². The van der Waals surface area contributed by atoms with E-state index in [4.69, 9.17) is 16.3 Å². The lowest BCUT2D eigenvalue weighted by Crippen LogP contribution is -2.53. The molecule has 4 aromatic rings. The van der Waals surface area contributed by atoms with Gasteiger partial charge in [-0.3, -0.25) is 13.9 Å². The molecule has 0 heterocycles. The number of nitrogens with zero attached hydrogens (tertiary/aromatic N) is 2. The van der Waals surface area contributed by atoms with Gasteiger partial charge in [0.1, 0.15) is 18.3 Å². The van der Waals surface area contributed by atoms with Crippen LogP contribution in [-0.2, 0) is 32.6 Å². The van der Waals surface area contributed by atoms with E-state index in [-0.39, 0.29) is 23.8 Å². The van der Waals surface area contributed by atoms with Crippen LogP contribution >= 0.6 is 11.6 Å². The largest absolute Gasteiger partial charge is 0.497 e. The third-order valence-corrected chi connectivity index (χ3v) is 8.90. The van der Waals surface area contributed by atoms with Crippen molar-refractivity contribution >= 4 is 39.1 Å². The van der Waals surface area contributed by atoms with Gasteiger partial charge in [0.25, 0.3) is 10.0 Å². The van der Waals surface area contributed by atoms with Gasteiger partial charge in [-0.15, -0.1) is 0 Å². The number of nitrogens with one attached hydrogen (secondary N) is 1. The Hall–Kier alpha value is -4.34. The predicted molar refractivity (Wildman–Crippen MR) is 169 cm³/mol. The number of hydrogen-bond acceptors (Lipinski definition) is 5. The normalized spacial score (nSPS) is 11.8. The summed E-state index contributed by atoms with van der Waals surface area (Å²) in [5.74, 6) is -0.373. The Balaban J connectivity index is 1.77.